The molecule has 2 aliphatic carbocycles. The highest BCUT2D eigenvalue weighted by Gasteiger charge is 2.39. The lowest BCUT2D eigenvalue weighted by Gasteiger charge is -2.43. The highest BCUT2D eigenvalue weighted by atomic mass is 16.1. The molecular formula is C18H26N2O. The third-order valence-corrected chi connectivity index (χ3v) is 5.27. The Bertz CT molecular complexity index is 481. The Balaban J connectivity index is 1.57. The molecule has 0 bridgehead atoms. The SMILES string of the molecule is N[C@@H]1CCC[C@H]1CC(=O)NC1(Cc2ccccc2)CCC1. The van der Waals surface area contributed by atoms with Crippen LogP contribution in [0.15, 0.2) is 30.3 Å². The number of hydrogen-bond donors (Lipinski definition) is 2. The Hall–Kier alpha value is -1.35. The zero-order valence-corrected chi connectivity index (χ0v) is 12.7. The van der Waals surface area contributed by atoms with Crippen molar-refractivity contribution in [2.45, 2.75) is 62.9 Å². The number of nitrogens with one attached hydrogen (secondary N) is 1. The molecule has 3 heteroatoms. The van der Waals surface area contributed by atoms with Gasteiger partial charge in [-0.05, 0) is 50.0 Å². The van der Waals surface area contributed by atoms with Crippen molar-refractivity contribution in [2.75, 3.05) is 0 Å². The summed E-state index contributed by atoms with van der Waals surface area (Å²) in [6.07, 6.45) is 8.35. The second-order valence-corrected chi connectivity index (χ2v) is 6.90. The quantitative estimate of drug-likeness (QED) is 0.874. The molecule has 0 aliphatic heterocycles. The van der Waals surface area contributed by atoms with Crippen molar-refractivity contribution < 1.29 is 4.79 Å². The summed E-state index contributed by atoms with van der Waals surface area (Å²) in [7, 11) is 0. The molecule has 3 nitrogen and oxygen atoms in total. The van der Waals surface area contributed by atoms with Crippen LogP contribution in [0.25, 0.3) is 0 Å². The molecule has 2 aliphatic rings. The standard InChI is InChI=1S/C18H26N2O/c19-16-9-4-8-15(16)12-17(21)20-18(10-5-11-18)13-14-6-2-1-3-7-14/h1-3,6-7,15-16H,4-5,8-13,19H2,(H,20,21)/t15-,16+/m0/s1. The number of benzene rings is 1. The number of amides is 1. The molecule has 1 aromatic carbocycles. The van der Waals surface area contributed by atoms with Gasteiger partial charge in [-0.1, -0.05) is 36.8 Å². The van der Waals surface area contributed by atoms with E-state index in [1.807, 2.05) is 6.07 Å². The molecule has 1 aromatic rings. The minimum atomic E-state index is 0.00113. The number of nitrogens with two attached hydrogens (primary N) is 1. The van der Waals surface area contributed by atoms with Crippen LogP contribution in [0.3, 0.4) is 0 Å². The van der Waals surface area contributed by atoms with Crippen LogP contribution in [0.5, 0.6) is 0 Å². The number of carbonyl (C=O) groups excluding carboxylic acids is 1. The molecule has 0 heterocycles. The fourth-order valence-electron chi connectivity index (χ4n) is 3.84. The summed E-state index contributed by atoms with van der Waals surface area (Å²) in [6, 6.07) is 10.7. The number of hydrogen-bond acceptors (Lipinski definition) is 2. The van der Waals surface area contributed by atoms with Crippen molar-refractivity contribution >= 4 is 5.91 Å². The Kier molecular flexibility index (Phi) is 4.29. The summed E-state index contributed by atoms with van der Waals surface area (Å²) in [5.41, 5.74) is 7.40. The Morgan fingerprint density at radius 1 is 1.19 bits per heavy atom. The fraction of sp³-hybridized carbons (Fsp3) is 0.611. The van der Waals surface area contributed by atoms with E-state index in [1.54, 1.807) is 0 Å². The molecule has 0 saturated heterocycles. The van der Waals surface area contributed by atoms with Gasteiger partial charge >= 0.3 is 0 Å². The minimum Gasteiger partial charge on any atom is -0.350 e. The second kappa shape index (κ2) is 6.18. The van der Waals surface area contributed by atoms with E-state index in [-0.39, 0.29) is 17.5 Å². The average molecular weight is 286 g/mol. The zero-order valence-electron chi connectivity index (χ0n) is 12.7. The summed E-state index contributed by atoms with van der Waals surface area (Å²) in [5, 5.41) is 3.33. The van der Waals surface area contributed by atoms with E-state index in [1.165, 1.54) is 18.4 Å². The van der Waals surface area contributed by atoms with Crippen molar-refractivity contribution in [1.82, 2.24) is 5.32 Å². The van der Waals surface area contributed by atoms with E-state index in [4.69, 9.17) is 5.73 Å². The van der Waals surface area contributed by atoms with Gasteiger partial charge in [0.05, 0.1) is 0 Å². The lowest BCUT2D eigenvalue weighted by atomic mass is 9.72. The summed E-state index contributed by atoms with van der Waals surface area (Å²) in [5.74, 6) is 0.590. The van der Waals surface area contributed by atoms with Crippen LogP contribution in [0.4, 0.5) is 0 Å². The first-order valence-corrected chi connectivity index (χ1v) is 8.27. The van der Waals surface area contributed by atoms with Gasteiger partial charge < -0.3 is 11.1 Å². The van der Waals surface area contributed by atoms with E-state index < -0.39 is 0 Å². The van der Waals surface area contributed by atoms with E-state index in [2.05, 4.69) is 29.6 Å². The van der Waals surface area contributed by atoms with Crippen molar-refractivity contribution in [3.63, 3.8) is 0 Å². The Morgan fingerprint density at radius 3 is 2.52 bits per heavy atom. The first-order valence-electron chi connectivity index (χ1n) is 8.27. The molecule has 114 valence electrons. The summed E-state index contributed by atoms with van der Waals surface area (Å²) in [6.45, 7) is 0. The number of carbonyl (C=O) groups is 1. The first kappa shape index (κ1) is 14.6. The van der Waals surface area contributed by atoms with Crippen LogP contribution in [-0.4, -0.2) is 17.5 Å². The zero-order chi connectivity index (χ0) is 14.7. The summed E-state index contributed by atoms with van der Waals surface area (Å²) in [4.78, 5) is 12.4. The maximum Gasteiger partial charge on any atom is 0.220 e. The van der Waals surface area contributed by atoms with E-state index >= 15 is 0 Å². The molecule has 0 spiro atoms. The molecule has 2 atom stereocenters. The Labute approximate surface area is 127 Å². The topological polar surface area (TPSA) is 55.1 Å². The normalized spacial score (nSPS) is 27.1. The van der Waals surface area contributed by atoms with Crippen molar-refractivity contribution in [3.05, 3.63) is 35.9 Å². The van der Waals surface area contributed by atoms with E-state index in [0.29, 0.717) is 12.3 Å². The van der Waals surface area contributed by atoms with Crippen molar-refractivity contribution in [1.29, 1.82) is 0 Å². The molecule has 0 unspecified atom stereocenters. The molecule has 3 N–H and O–H groups in total. The molecule has 2 fully saturated rings. The van der Waals surface area contributed by atoms with Gasteiger partial charge in [0, 0.05) is 18.0 Å². The Morgan fingerprint density at radius 2 is 1.95 bits per heavy atom. The maximum atomic E-state index is 12.4. The van der Waals surface area contributed by atoms with Gasteiger partial charge in [0.2, 0.25) is 5.91 Å². The molecule has 0 aromatic heterocycles. The van der Waals surface area contributed by atoms with Gasteiger partial charge in [0.15, 0.2) is 0 Å². The fourth-order valence-corrected chi connectivity index (χ4v) is 3.84. The third kappa shape index (κ3) is 3.46. The molecule has 21 heavy (non-hydrogen) atoms. The van der Waals surface area contributed by atoms with Gasteiger partial charge in [0.1, 0.15) is 0 Å². The van der Waals surface area contributed by atoms with Crippen LogP contribution in [0.1, 0.15) is 50.5 Å². The molecule has 3 rings (SSSR count). The third-order valence-electron chi connectivity index (χ3n) is 5.27. The highest BCUT2D eigenvalue weighted by Crippen LogP contribution is 2.35. The van der Waals surface area contributed by atoms with Crippen LogP contribution >= 0.6 is 0 Å². The van der Waals surface area contributed by atoms with Crippen LogP contribution < -0.4 is 11.1 Å². The van der Waals surface area contributed by atoms with Gasteiger partial charge in [-0.3, -0.25) is 4.79 Å². The smallest absolute Gasteiger partial charge is 0.220 e. The van der Waals surface area contributed by atoms with E-state index in [0.717, 1.165) is 32.1 Å². The van der Waals surface area contributed by atoms with Crippen molar-refractivity contribution in [2.24, 2.45) is 11.7 Å². The molecular weight excluding hydrogens is 260 g/mol. The van der Waals surface area contributed by atoms with Gasteiger partial charge in [-0.2, -0.15) is 0 Å². The van der Waals surface area contributed by atoms with Crippen molar-refractivity contribution in [3.8, 4) is 0 Å². The van der Waals surface area contributed by atoms with Crippen LogP contribution in [0, 0.1) is 5.92 Å². The summed E-state index contributed by atoms with van der Waals surface area (Å²) >= 11 is 0. The molecule has 2 saturated carbocycles. The maximum absolute atomic E-state index is 12.4. The lowest BCUT2D eigenvalue weighted by Crippen LogP contribution is -2.55. The van der Waals surface area contributed by atoms with Gasteiger partial charge in [-0.15, -0.1) is 0 Å². The summed E-state index contributed by atoms with van der Waals surface area (Å²) < 4.78 is 0. The highest BCUT2D eigenvalue weighted by molar-refractivity contribution is 5.77. The molecule has 1 amide bonds. The number of rotatable bonds is 5. The first-order chi connectivity index (χ1) is 10.2. The average Bonchev–Trinajstić information content (AvgIpc) is 2.83. The van der Waals surface area contributed by atoms with E-state index in [9.17, 15) is 4.79 Å². The van der Waals surface area contributed by atoms with Gasteiger partial charge in [0.25, 0.3) is 0 Å². The second-order valence-electron chi connectivity index (χ2n) is 6.90. The molecule has 0 radical (unpaired) electrons. The largest absolute Gasteiger partial charge is 0.350 e. The van der Waals surface area contributed by atoms with Gasteiger partial charge in [-0.25, -0.2) is 0 Å². The monoisotopic (exact) mass is 286 g/mol. The predicted molar refractivity (Wildman–Crippen MR) is 84.8 cm³/mol. The predicted octanol–water partition coefficient (Wildman–Crippen LogP) is 2.79. The van der Waals surface area contributed by atoms with Crippen LogP contribution in [-0.2, 0) is 11.2 Å². The van der Waals surface area contributed by atoms with Crippen LogP contribution in [0.2, 0.25) is 0 Å². The lowest BCUT2D eigenvalue weighted by molar-refractivity contribution is -0.125. The minimum absolute atomic E-state index is 0.00113.